The van der Waals surface area contributed by atoms with E-state index in [2.05, 4.69) is 45.0 Å². The molecule has 0 bridgehead atoms. The molecule has 1 heterocycles. The normalized spacial score (nSPS) is 11.1. The summed E-state index contributed by atoms with van der Waals surface area (Å²) in [6.45, 7) is 7.25. The first-order valence-corrected chi connectivity index (χ1v) is 6.69. The van der Waals surface area contributed by atoms with Crippen LogP contribution in [0.15, 0.2) is 18.2 Å². The summed E-state index contributed by atoms with van der Waals surface area (Å²) in [6.07, 6.45) is 1.00. The average Bonchev–Trinajstić information content (AvgIpc) is 2.62. The van der Waals surface area contributed by atoms with Gasteiger partial charge in [0.15, 0.2) is 0 Å². The van der Waals surface area contributed by atoms with E-state index in [1.165, 1.54) is 5.56 Å². The molecule has 2 nitrogen and oxygen atoms in total. The maximum Gasteiger partial charge on any atom is 0.128 e. The number of hydrogen-bond donors (Lipinski definition) is 0. The number of aromatic nitrogens is 1. The van der Waals surface area contributed by atoms with Gasteiger partial charge in [-0.25, -0.2) is 0 Å². The molecule has 18 heavy (non-hydrogen) atoms. The minimum atomic E-state index is 0.453. The van der Waals surface area contributed by atoms with Gasteiger partial charge in [0.1, 0.15) is 11.2 Å². The second-order valence-corrected chi connectivity index (χ2v) is 5.22. The van der Waals surface area contributed by atoms with E-state index in [-0.39, 0.29) is 0 Å². The number of halogens is 1. The molecule has 0 atom stereocenters. The van der Waals surface area contributed by atoms with Crippen molar-refractivity contribution >= 4 is 22.5 Å². The maximum absolute atomic E-state index is 9.28. The van der Waals surface area contributed by atoms with Crippen LogP contribution in [0.1, 0.15) is 44.2 Å². The monoisotopic (exact) mass is 260 g/mol. The summed E-state index contributed by atoms with van der Waals surface area (Å²) in [5, 5.41) is 10.8. The zero-order chi connectivity index (χ0) is 13.3. The van der Waals surface area contributed by atoms with Crippen molar-refractivity contribution in [3.8, 4) is 6.07 Å². The van der Waals surface area contributed by atoms with Crippen LogP contribution >= 0.6 is 11.6 Å². The summed E-state index contributed by atoms with van der Waals surface area (Å²) in [4.78, 5) is 0. The van der Waals surface area contributed by atoms with E-state index in [0.717, 1.165) is 23.9 Å². The van der Waals surface area contributed by atoms with Gasteiger partial charge >= 0.3 is 0 Å². The topological polar surface area (TPSA) is 28.7 Å². The van der Waals surface area contributed by atoms with Crippen LogP contribution in [0.4, 0.5) is 0 Å². The highest BCUT2D eigenvalue weighted by atomic mass is 35.5. The Balaban J connectivity index is 2.75. The van der Waals surface area contributed by atoms with Crippen LogP contribution in [0.2, 0.25) is 5.15 Å². The highest BCUT2D eigenvalue weighted by Gasteiger charge is 2.15. The fraction of sp³-hybridized carbons (Fsp3) is 0.400. The number of rotatable bonds is 3. The summed E-state index contributed by atoms with van der Waals surface area (Å²) in [6, 6.07) is 8.52. The molecule has 1 aromatic carbocycles. The molecule has 0 amide bonds. The predicted octanol–water partition coefficient (Wildman–Crippen LogP) is 4.70. The molecule has 1 aromatic heterocycles. The molecule has 2 rings (SSSR count). The van der Waals surface area contributed by atoms with E-state index in [9.17, 15) is 5.26 Å². The molecule has 94 valence electrons. The van der Waals surface area contributed by atoms with E-state index in [4.69, 9.17) is 11.6 Å². The number of benzene rings is 1. The molecule has 0 aliphatic rings. The van der Waals surface area contributed by atoms with Crippen LogP contribution in [0.3, 0.4) is 0 Å². The molecule has 3 heteroatoms. The van der Waals surface area contributed by atoms with Gasteiger partial charge in [0.2, 0.25) is 0 Å². The second kappa shape index (κ2) is 5.04. The third-order valence-electron chi connectivity index (χ3n) is 3.25. The Morgan fingerprint density at radius 1 is 1.39 bits per heavy atom. The zero-order valence-electron chi connectivity index (χ0n) is 11.0. The van der Waals surface area contributed by atoms with E-state index in [1.54, 1.807) is 0 Å². The molecular weight excluding hydrogens is 244 g/mol. The number of nitrogens with zero attached hydrogens (tertiary/aromatic N) is 2. The Morgan fingerprint density at radius 3 is 2.67 bits per heavy atom. The largest absolute Gasteiger partial charge is 0.330 e. The lowest BCUT2D eigenvalue weighted by molar-refractivity contribution is 0.703. The van der Waals surface area contributed by atoms with Crippen LogP contribution in [-0.2, 0) is 6.54 Å². The Hall–Kier alpha value is -1.46. The Kier molecular flexibility index (Phi) is 3.63. The third kappa shape index (κ3) is 2.00. The van der Waals surface area contributed by atoms with Crippen LogP contribution in [-0.4, -0.2) is 4.57 Å². The lowest BCUT2D eigenvalue weighted by Crippen LogP contribution is -1.96. The lowest BCUT2D eigenvalue weighted by atomic mass is 10.0. The Morgan fingerprint density at radius 2 is 2.11 bits per heavy atom. The van der Waals surface area contributed by atoms with Crippen LogP contribution in [0.5, 0.6) is 0 Å². The predicted molar refractivity (Wildman–Crippen MR) is 76.0 cm³/mol. The van der Waals surface area contributed by atoms with E-state index in [1.807, 2.05) is 4.57 Å². The molecule has 0 radical (unpaired) electrons. The zero-order valence-corrected chi connectivity index (χ0v) is 11.8. The number of nitriles is 1. The van der Waals surface area contributed by atoms with Gasteiger partial charge in [0.05, 0.1) is 11.1 Å². The summed E-state index contributed by atoms with van der Waals surface area (Å²) in [7, 11) is 0. The van der Waals surface area contributed by atoms with Gasteiger partial charge in [0, 0.05) is 11.9 Å². The molecule has 0 aliphatic heterocycles. The van der Waals surface area contributed by atoms with E-state index < -0.39 is 0 Å². The third-order valence-corrected chi connectivity index (χ3v) is 3.64. The van der Waals surface area contributed by atoms with Gasteiger partial charge < -0.3 is 4.57 Å². The Labute approximate surface area is 113 Å². The second-order valence-electron chi connectivity index (χ2n) is 4.86. The summed E-state index contributed by atoms with van der Waals surface area (Å²) in [5.41, 5.74) is 2.90. The van der Waals surface area contributed by atoms with Crippen LogP contribution in [0, 0.1) is 11.3 Å². The fourth-order valence-corrected chi connectivity index (χ4v) is 2.57. The van der Waals surface area contributed by atoms with Crippen molar-refractivity contribution in [2.75, 3.05) is 0 Å². The number of fused-ring (bicyclic) bond motifs is 1. The molecular formula is C15H17ClN2. The van der Waals surface area contributed by atoms with E-state index in [0.29, 0.717) is 16.6 Å². The van der Waals surface area contributed by atoms with Gasteiger partial charge in [-0.2, -0.15) is 5.26 Å². The molecule has 2 aromatic rings. The molecule has 0 N–H and O–H groups in total. The van der Waals surface area contributed by atoms with Crippen molar-refractivity contribution in [3.05, 3.63) is 34.5 Å². The summed E-state index contributed by atoms with van der Waals surface area (Å²) >= 11 is 6.30. The van der Waals surface area contributed by atoms with Crippen LogP contribution in [0.25, 0.3) is 10.9 Å². The lowest BCUT2D eigenvalue weighted by Gasteiger charge is -2.07. The highest BCUT2D eigenvalue weighted by Crippen LogP contribution is 2.32. The number of aryl methyl sites for hydroxylation is 1. The van der Waals surface area contributed by atoms with Crippen molar-refractivity contribution in [2.24, 2.45) is 0 Å². The maximum atomic E-state index is 9.28. The quantitative estimate of drug-likeness (QED) is 0.786. The average molecular weight is 261 g/mol. The molecule has 0 spiro atoms. The Bertz CT molecular complexity index is 617. The SMILES string of the molecule is CCCn1c(Cl)c(C#N)c2cc(C(C)C)ccc21. The fourth-order valence-electron chi connectivity index (χ4n) is 2.25. The standard InChI is InChI=1S/C15H17ClN2/c1-4-7-18-14-6-5-11(10(2)3)8-12(14)13(9-17)15(18)16/h5-6,8,10H,4,7H2,1-3H3. The number of hydrogen-bond acceptors (Lipinski definition) is 1. The minimum Gasteiger partial charge on any atom is -0.330 e. The molecule has 0 fully saturated rings. The molecule has 0 saturated heterocycles. The van der Waals surface area contributed by atoms with Crippen molar-refractivity contribution in [2.45, 2.75) is 39.7 Å². The van der Waals surface area contributed by atoms with Gasteiger partial charge in [-0.3, -0.25) is 0 Å². The van der Waals surface area contributed by atoms with Gasteiger partial charge in [-0.05, 0) is 30.0 Å². The smallest absolute Gasteiger partial charge is 0.128 e. The van der Waals surface area contributed by atoms with E-state index >= 15 is 0 Å². The molecule has 0 aliphatic carbocycles. The van der Waals surface area contributed by atoms with Gasteiger partial charge in [-0.1, -0.05) is 38.4 Å². The first-order chi connectivity index (χ1) is 8.60. The molecule has 0 unspecified atom stereocenters. The van der Waals surface area contributed by atoms with Crippen molar-refractivity contribution < 1.29 is 0 Å². The summed E-state index contributed by atoms with van der Waals surface area (Å²) in [5.74, 6) is 0.453. The van der Waals surface area contributed by atoms with Crippen molar-refractivity contribution in [3.63, 3.8) is 0 Å². The van der Waals surface area contributed by atoms with Crippen LogP contribution < -0.4 is 0 Å². The summed E-state index contributed by atoms with van der Waals surface area (Å²) < 4.78 is 2.03. The van der Waals surface area contributed by atoms with Crippen molar-refractivity contribution in [1.29, 1.82) is 5.26 Å². The van der Waals surface area contributed by atoms with Gasteiger partial charge in [-0.15, -0.1) is 0 Å². The highest BCUT2D eigenvalue weighted by molar-refractivity contribution is 6.32. The minimum absolute atomic E-state index is 0.453. The first kappa shape index (κ1) is 13.0. The molecule has 0 saturated carbocycles. The van der Waals surface area contributed by atoms with Gasteiger partial charge in [0.25, 0.3) is 0 Å². The van der Waals surface area contributed by atoms with Crippen molar-refractivity contribution in [1.82, 2.24) is 4.57 Å². The first-order valence-electron chi connectivity index (χ1n) is 6.31.